The highest BCUT2D eigenvalue weighted by Crippen LogP contribution is 2.41. The Morgan fingerprint density at radius 2 is 1.38 bits per heavy atom. The van der Waals surface area contributed by atoms with Crippen molar-refractivity contribution in [2.45, 2.75) is 0 Å². The third kappa shape index (κ3) is 4.03. The number of imidazole rings is 1. The molecule has 45 heavy (non-hydrogen) atoms. The van der Waals surface area contributed by atoms with Crippen molar-refractivity contribution >= 4 is 32.8 Å². The average Bonchev–Trinajstić information content (AvgIpc) is 3.91. The Labute approximate surface area is 258 Å². The first-order valence-electron chi connectivity index (χ1n) is 14.8. The third-order valence-electron chi connectivity index (χ3n) is 8.70. The summed E-state index contributed by atoms with van der Waals surface area (Å²) >= 11 is 0. The lowest BCUT2D eigenvalue weighted by Gasteiger charge is -2.15. The Morgan fingerprint density at radius 3 is 2.18 bits per heavy atom. The van der Waals surface area contributed by atoms with Gasteiger partial charge in [0, 0.05) is 51.8 Å². The van der Waals surface area contributed by atoms with Gasteiger partial charge in [-0.05, 0) is 66.2 Å². The average molecular weight is 583 g/mol. The van der Waals surface area contributed by atoms with Crippen molar-refractivity contribution in [2.75, 3.05) is 0 Å². The highest BCUT2D eigenvalue weighted by Gasteiger charge is 2.20. The number of hydrogen-bond acceptors (Lipinski definition) is 4. The van der Waals surface area contributed by atoms with Gasteiger partial charge in [0.25, 0.3) is 0 Å². The van der Waals surface area contributed by atoms with Crippen LogP contribution in [0.15, 0.2) is 149 Å². The van der Waals surface area contributed by atoms with Gasteiger partial charge in [-0.3, -0.25) is 4.98 Å². The predicted molar refractivity (Wildman–Crippen MR) is 179 cm³/mol. The number of hydrogen-bond donors (Lipinski definition) is 0. The van der Waals surface area contributed by atoms with Crippen molar-refractivity contribution in [1.82, 2.24) is 19.1 Å². The van der Waals surface area contributed by atoms with Gasteiger partial charge in [-0.25, -0.2) is 4.98 Å². The molecule has 9 aromatic rings. The predicted octanol–water partition coefficient (Wildman–Crippen LogP) is 9.92. The minimum absolute atomic E-state index is 0.917. The molecule has 0 amide bonds. The van der Waals surface area contributed by atoms with Crippen molar-refractivity contribution in [3.05, 3.63) is 140 Å². The number of benzene rings is 4. The van der Waals surface area contributed by atoms with Crippen LogP contribution in [0.3, 0.4) is 0 Å². The minimum Gasteiger partial charge on any atom is -0.472 e. The molecule has 0 aliphatic heterocycles. The normalized spacial score (nSPS) is 11.7. The second-order valence-corrected chi connectivity index (χ2v) is 11.3. The second-order valence-electron chi connectivity index (χ2n) is 11.3. The first-order valence-corrected chi connectivity index (χ1v) is 14.8. The lowest BCUT2D eigenvalue weighted by atomic mass is 10.0. The van der Waals surface area contributed by atoms with Gasteiger partial charge in [0.15, 0.2) is 0 Å². The molecule has 9 rings (SSSR count). The second kappa shape index (κ2) is 9.96. The van der Waals surface area contributed by atoms with Crippen molar-refractivity contribution in [3.8, 4) is 50.6 Å². The number of rotatable bonds is 5. The fourth-order valence-corrected chi connectivity index (χ4v) is 6.50. The van der Waals surface area contributed by atoms with Gasteiger partial charge >= 0.3 is 0 Å². The fraction of sp³-hybridized carbons (Fsp3) is 0.0256. The molecule has 0 aliphatic rings. The van der Waals surface area contributed by atoms with Crippen LogP contribution in [0, 0.1) is 0 Å². The standard InChI is InChI=1S/C39H26N4O2/c1-42-36-8-3-2-7-34(36)41-39(42)27-10-13-31-32-20-25(28-15-18-44-23-28)11-14-35(32)43(38(31)22-27)37-21-26(33-6-4-5-17-40-33)9-12-30(37)29-16-19-45-24-29/h2-24H,1H3. The Hall–Kier alpha value is -6.14. The van der Waals surface area contributed by atoms with Crippen LogP contribution in [0.25, 0.3) is 83.4 Å². The summed E-state index contributed by atoms with van der Waals surface area (Å²) in [6.45, 7) is 0. The van der Waals surface area contributed by atoms with Crippen molar-refractivity contribution < 1.29 is 8.83 Å². The van der Waals surface area contributed by atoms with E-state index in [1.165, 1.54) is 0 Å². The number of aromatic nitrogens is 4. The summed E-state index contributed by atoms with van der Waals surface area (Å²) in [5.41, 5.74) is 12.5. The Balaban J connectivity index is 1.37. The molecule has 6 heteroatoms. The van der Waals surface area contributed by atoms with Crippen molar-refractivity contribution in [2.24, 2.45) is 7.05 Å². The van der Waals surface area contributed by atoms with Crippen LogP contribution < -0.4 is 0 Å². The lowest BCUT2D eigenvalue weighted by Crippen LogP contribution is -1.99. The number of nitrogens with zero attached hydrogens (tertiary/aromatic N) is 4. The SMILES string of the molecule is Cn1c(-c2ccc3c4cc(-c5ccoc5)ccc4n(-c4cc(-c5ccccn5)ccc4-c4ccoc4)c3c2)nc2ccccc21. The first kappa shape index (κ1) is 25.4. The topological polar surface area (TPSA) is 61.9 Å². The molecule has 214 valence electrons. The van der Waals surface area contributed by atoms with E-state index in [9.17, 15) is 0 Å². The number of fused-ring (bicyclic) bond motifs is 4. The molecule has 6 nitrogen and oxygen atoms in total. The summed E-state index contributed by atoms with van der Waals surface area (Å²) < 4.78 is 15.5. The summed E-state index contributed by atoms with van der Waals surface area (Å²) in [4.78, 5) is 9.69. The van der Waals surface area contributed by atoms with Gasteiger partial charge in [-0.15, -0.1) is 0 Å². The van der Waals surface area contributed by atoms with Crippen molar-refractivity contribution in [3.63, 3.8) is 0 Å². The van der Waals surface area contributed by atoms with E-state index in [2.05, 4.69) is 94.0 Å². The van der Waals surface area contributed by atoms with Crippen LogP contribution in [-0.2, 0) is 7.05 Å². The number of furan rings is 2. The molecule has 0 N–H and O–H groups in total. The zero-order chi connectivity index (χ0) is 29.9. The molecular weight excluding hydrogens is 556 g/mol. The summed E-state index contributed by atoms with van der Waals surface area (Å²) in [5.74, 6) is 0.922. The van der Waals surface area contributed by atoms with E-state index >= 15 is 0 Å². The largest absolute Gasteiger partial charge is 0.472 e. The quantitative estimate of drug-likeness (QED) is 0.203. The van der Waals surface area contributed by atoms with E-state index in [0.717, 1.165) is 83.4 Å². The van der Waals surface area contributed by atoms with E-state index in [1.54, 1.807) is 25.1 Å². The van der Waals surface area contributed by atoms with Gasteiger partial charge in [0.1, 0.15) is 5.82 Å². The monoisotopic (exact) mass is 582 g/mol. The first-order chi connectivity index (χ1) is 22.2. The van der Waals surface area contributed by atoms with Crippen LogP contribution in [0.5, 0.6) is 0 Å². The van der Waals surface area contributed by atoms with Crippen LogP contribution in [0.4, 0.5) is 0 Å². The van der Waals surface area contributed by atoms with Gasteiger partial charge in [0.05, 0.1) is 58.5 Å². The molecule has 0 spiro atoms. The molecule has 5 heterocycles. The smallest absolute Gasteiger partial charge is 0.140 e. The molecule has 0 saturated heterocycles. The van der Waals surface area contributed by atoms with Gasteiger partial charge in [-0.1, -0.05) is 48.5 Å². The number of para-hydroxylation sites is 2. The maximum atomic E-state index is 5.57. The van der Waals surface area contributed by atoms with E-state index < -0.39 is 0 Å². The van der Waals surface area contributed by atoms with Crippen LogP contribution >= 0.6 is 0 Å². The molecule has 0 unspecified atom stereocenters. The number of pyridine rings is 1. The number of aryl methyl sites for hydroxylation is 1. The minimum atomic E-state index is 0.917. The van der Waals surface area contributed by atoms with E-state index in [-0.39, 0.29) is 0 Å². The maximum Gasteiger partial charge on any atom is 0.140 e. The Bertz CT molecular complexity index is 2480. The molecular formula is C39H26N4O2. The van der Waals surface area contributed by atoms with Crippen LogP contribution in [0.2, 0.25) is 0 Å². The Kier molecular flexibility index (Phi) is 5.62. The van der Waals surface area contributed by atoms with E-state index in [0.29, 0.717) is 0 Å². The molecule has 4 aromatic carbocycles. The molecule has 0 radical (unpaired) electrons. The third-order valence-corrected chi connectivity index (χ3v) is 8.70. The maximum absolute atomic E-state index is 5.57. The zero-order valence-electron chi connectivity index (χ0n) is 24.4. The highest BCUT2D eigenvalue weighted by atomic mass is 16.3. The van der Waals surface area contributed by atoms with Gasteiger partial charge in [-0.2, -0.15) is 0 Å². The Morgan fingerprint density at radius 1 is 0.578 bits per heavy atom. The summed E-state index contributed by atoms with van der Waals surface area (Å²) in [5, 5.41) is 2.31. The van der Waals surface area contributed by atoms with E-state index in [4.69, 9.17) is 13.8 Å². The van der Waals surface area contributed by atoms with Gasteiger partial charge < -0.3 is 18.0 Å². The molecule has 0 saturated carbocycles. The zero-order valence-corrected chi connectivity index (χ0v) is 24.4. The van der Waals surface area contributed by atoms with E-state index in [1.807, 2.05) is 42.6 Å². The molecule has 0 bridgehead atoms. The summed E-state index contributed by atoms with van der Waals surface area (Å²) in [6.07, 6.45) is 8.86. The summed E-state index contributed by atoms with van der Waals surface area (Å²) in [6, 6.07) is 38.1. The summed E-state index contributed by atoms with van der Waals surface area (Å²) in [7, 11) is 2.08. The highest BCUT2D eigenvalue weighted by molar-refractivity contribution is 6.12. The van der Waals surface area contributed by atoms with Crippen LogP contribution in [-0.4, -0.2) is 19.1 Å². The molecule has 0 atom stereocenters. The molecule has 0 fully saturated rings. The van der Waals surface area contributed by atoms with Gasteiger partial charge in [0.2, 0.25) is 0 Å². The molecule has 0 aliphatic carbocycles. The lowest BCUT2D eigenvalue weighted by molar-refractivity contribution is 0.568. The van der Waals surface area contributed by atoms with Crippen molar-refractivity contribution in [1.29, 1.82) is 0 Å². The van der Waals surface area contributed by atoms with Crippen LogP contribution in [0.1, 0.15) is 0 Å². The fourth-order valence-electron chi connectivity index (χ4n) is 6.50. The molecule has 5 aromatic heterocycles.